The van der Waals surface area contributed by atoms with Crippen molar-refractivity contribution in [3.63, 3.8) is 0 Å². The predicted molar refractivity (Wildman–Crippen MR) is 61.7 cm³/mol. The van der Waals surface area contributed by atoms with Gasteiger partial charge in [0.2, 0.25) is 5.03 Å². The van der Waals surface area contributed by atoms with E-state index in [1.165, 1.54) is 6.07 Å². The average molecular weight is 310 g/mol. The molecule has 0 saturated carbocycles. The van der Waals surface area contributed by atoms with Crippen LogP contribution >= 0.6 is 0 Å². The van der Waals surface area contributed by atoms with E-state index in [0.29, 0.717) is 0 Å². The summed E-state index contributed by atoms with van der Waals surface area (Å²) in [6, 6.07) is 2.16. The molecule has 0 fully saturated rings. The Morgan fingerprint density at radius 3 is 2.50 bits per heavy atom. The quantitative estimate of drug-likeness (QED) is 0.621. The fourth-order valence-corrected chi connectivity index (χ4v) is 3.17. The molecule has 1 aliphatic rings. The van der Waals surface area contributed by atoms with E-state index < -0.39 is 45.6 Å². The van der Waals surface area contributed by atoms with E-state index in [1.807, 2.05) is 0 Å². The number of pyridine rings is 1. The number of halogens is 4. The van der Waals surface area contributed by atoms with Crippen LogP contribution in [0.15, 0.2) is 35.0 Å². The molecule has 4 nitrogen and oxygen atoms in total. The highest BCUT2D eigenvalue weighted by Crippen LogP contribution is 2.31. The van der Waals surface area contributed by atoms with Crippen LogP contribution in [0.2, 0.25) is 0 Å². The molecule has 0 aliphatic carbocycles. The van der Waals surface area contributed by atoms with Crippen molar-refractivity contribution in [1.82, 2.24) is 9.29 Å². The third-order valence-corrected chi connectivity index (χ3v) is 4.65. The van der Waals surface area contributed by atoms with Gasteiger partial charge in [-0.3, -0.25) is 0 Å². The molecule has 1 aromatic heterocycles. The number of hydrogen-bond acceptors (Lipinski definition) is 3. The molecule has 2 rings (SSSR count). The molecule has 0 radical (unpaired) electrons. The van der Waals surface area contributed by atoms with Gasteiger partial charge in [0, 0.05) is 24.9 Å². The summed E-state index contributed by atoms with van der Waals surface area (Å²) in [6.45, 7) is -0.809. The third-order valence-electron chi connectivity index (χ3n) is 2.84. The third kappa shape index (κ3) is 2.83. The molecule has 0 spiro atoms. The van der Waals surface area contributed by atoms with Crippen molar-refractivity contribution in [3.05, 3.63) is 35.8 Å². The van der Waals surface area contributed by atoms with E-state index in [-0.39, 0.29) is 6.54 Å². The first-order valence-corrected chi connectivity index (χ1v) is 7.04. The van der Waals surface area contributed by atoms with Gasteiger partial charge in [-0.05, 0) is 18.6 Å². The second kappa shape index (κ2) is 5.13. The van der Waals surface area contributed by atoms with Crippen molar-refractivity contribution < 1.29 is 26.0 Å². The molecule has 0 saturated heterocycles. The Labute approximate surface area is 112 Å². The van der Waals surface area contributed by atoms with Crippen LogP contribution in [-0.2, 0) is 10.0 Å². The number of sulfonamides is 1. The lowest BCUT2D eigenvalue weighted by atomic mass is 10.1. The van der Waals surface area contributed by atoms with Gasteiger partial charge in [0.05, 0.1) is 0 Å². The summed E-state index contributed by atoms with van der Waals surface area (Å²) in [7, 11) is -4.23. The largest absolute Gasteiger partial charge is 0.412 e. The molecule has 1 aliphatic heterocycles. The molecule has 9 heteroatoms. The number of nitrogens with zero attached hydrogens (tertiary/aromatic N) is 2. The highest BCUT2D eigenvalue weighted by Gasteiger charge is 2.38. The Kier molecular flexibility index (Phi) is 3.83. The van der Waals surface area contributed by atoms with Crippen LogP contribution in [-0.4, -0.2) is 37.0 Å². The van der Waals surface area contributed by atoms with Gasteiger partial charge in [-0.15, -0.1) is 0 Å². The molecule has 0 atom stereocenters. The van der Waals surface area contributed by atoms with Gasteiger partial charge in [0.25, 0.3) is 10.0 Å². The lowest BCUT2D eigenvalue weighted by Crippen LogP contribution is -2.37. The van der Waals surface area contributed by atoms with Gasteiger partial charge < -0.3 is 0 Å². The fourth-order valence-electron chi connectivity index (χ4n) is 1.81. The van der Waals surface area contributed by atoms with E-state index in [0.717, 1.165) is 22.6 Å². The lowest BCUT2D eigenvalue weighted by Gasteiger charge is -2.26. The van der Waals surface area contributed by atoms with Crippen molar-refractivity contribution in [2.75, 3.05) is 13.1 Å². The number of rotatable bonds is 2. The minimum Gasteiger partial charge on any atom is -0.241 e. The van der Waals surface area contributed by atoms with E-state index in [1.54, 1.807) is 0 Å². The molecule has 0 N–H and O–H groups in total. The topological polar surface area (TPSA) is 50.3 Å². The molecule has 20 heavy (non-hydrogen) atoms. The van der Waals surface area contributed by atoms with Crippen molar-refractivity contribution >= 4 is 10.0 Å². The summed E-state index contributed by atoms with van der Waals surface area (Å²) in [5.41, 5.74) is -0.773. The molecule has 0 aromatic carbocycles. The number of alkyl halides is 3. The normalized spacial score (nSPS) is 17.9. The van der Waals surface area contributed by atoms with Gasteiger partial charge in [-0.2, -0.15) is 17.5 Å². The summed E-state index contributed by atoms with van der Waals surface area (Å²) in [5, 5.41) is -0.774. The molecule has 1 aromatic rings. The minimum atomic E-state index is -4.47. The van der Waals surface area contributed by atoms with Crippen LogP contribution in [0.3, 0.4) is 0 Å². The number of hydrogen-bond donors (Lipinski definition) is 0. The minimum absolute atomic E-state index is 0.357. The molecule has 0 amide bonds. The Morgan fingerprint density at radius 2 is 2.00 bits per heavy atom. The molecule has 0 bridgehead atoms. The van der Waals surface area contributed by atoms with Crippen molar-refractivity contribution in [3.8, 4) is 0 Å². The standard InChI is InChI=1S/C11H10F4N2O2S/c12-9-2-1-5-16-10(9)20(18,19)17-6-3-8(4-7-17)11(13,14)15/h1-3,5H,4,6-7H2. The predicted octanol–water partition coefficient (Wildman–Crippen LogP) is 2.10. The smallest absolute Gasteiger partial charge is 0.241 e. The Hall–Kier alpha value is -1.48. The van der Waals surface area contributed by atoms with Gasteiger partial charge >= 0.3 is 6.18 Å². The zero-order chi connectivity index (χ0) is 15.0. The maximum absolute atomic E-state index is 13.4. The van der Waals surface area contributed by atoms with Crippen LogP contribution in [0, 0.1) is 5.82 Å². The van der Waals surface area contributed by atoms with Crippen molar-refractivity contribution in [2.24, 2.45) is 0 Å². The monoisotopic (exact) mass is 310 g/mol. The van der Waals surface area contributed by atoms with Crippen LogP contribution in [0.25, 0.3) is 0 Å². The van der Waals surface area contributed by atoms with Gasteiger partial charge in [0.1, 0.15) is 0 Å². The zero-order valence-electron chi connectivity index (χ0n) is 10.1. The Balaban J connectivity index is 2.27. The van der Waals surface area contributed by atoms with Crippen LogP contribution in [0.4, 0.5) is 17.6 Å². The first-order chi connectivity index (χ1) is 9.23. The van der Waals surface area contributed by atoms with Crippen LogP contribution in [0.1, 0.15) is 6.42 Å². The van der Waals surface area contributed by atoms with E-state index >= 15 is 0 Å². The Bertz CT molecular complexity index is 640. The van der Waals surface area contributed by atoms with Crippen molar-refractivity contribution in [1.29, 1.82) is 0 Å². The van der Waals surface area contributed by atoms with Gasteiger partial charge in [-0.25, -0.2) is 17.8 Å². The average Bonchev–Trinajstić information content (AvgIpc) is 2.38. The number of aromatic nitrogens is 1. The first-order valence-electron chi connectivity index (χ1n) is 5.60. The summed E-state index contributed by atoms with van der Waals surface area (Å²) in [5.74, 6) is -1.03. The zero-order valence-corrected chi connectivity index (χ0v) is 10.9. The SMILES string of the molecule is O=S(=O)(c1ncccc1F)N1CC=C(C(F)(F)F)CC1. The molecular weight excluding hydrogens is 300 g/mol. The van der Waals surface area contributed by atoms with E-state index in [9.17, 15) is 26.0 Å². The molecule has 2 heterocycles. The summed E-state index contributed by atoms with van der Waals surface area (Å²) >= 11 is 0. The highest BCUT2D eigenvalue weighted by atomic mass is 32.2. The second-order valence-corrected chi connectivity index (χ2v) is 5.98. The van der Waals surface area contributed by atoms with Gasteiger partial charge in [0.15, 0.2) is 5.82 Å². The second-order valence-electron chi connectivity index (χ2n) is 4.13. The highest BCUT2D eigenvalue weighted by molar-refractivity contribution is 7.89. The van der Waals surface area contributed by atoms with Gasteiger partial charge in [-0.1, -0.05) is 6.08 Å². The maximum Gasteiger partial charge on any atom is 0.412 e. The van der Waals surface area contributed by atoms with Crippen LogP contribution in [0.5, 0.6) is 0 Å². The molecule has 0 unspecified atom stereocenters. The fraction of sp³-hybridized carbons (Fsp3) is 0.364. The summed E-state index contributed by atoms with van der Waals surface area (Å²) < 4.78 is 75.7. The molecule has 110 valence electrons. The Morgan fingerprint density at radius 1 is 1.30 bits per heavy atom. The van der Waals surface area contributed by atoms with Crippen LogP contribution < -0.4 is 0 Å². The van der Waals surface area contributed by atoms with E-state index in [4.69, 9.17) is 0 Å². The van der Waals surface area contributed by atoms with Crippen molar-refractivity contribution in [2.45, 2.75) is 17.6 Å². The first kappa shape index (κ1) is 14.9. The van der Waals surface area contributed by atoms with E-state index in [2.05, 4.69) is 4.98 Å². The summed E-state index contributed by atoms with van der Waals surface area (Å²) in [6.07, 6.45) is -3.03. The maximum atomic E-state index is 13.4. The summed E-state index contributed by atoms with van der Waals surface area (Å²) in [4.78, 5) is 3.45. The molecular formula is C11H10F4N2O2S. The lowest BCUT2D eigenvalue weighted by molar-refractivity contribution is -0.0953.